The zero-order chi connectivity index (χ0) is 11.8. The maximum atomic E-state index is 4.16. The van der Waals surface area contributed by atoms with Gasteiger partial charge < -0.3 is 5.32 Å². The van der Waals surface area contributed by atoms with Crippen molar-refractivity contribution in [2.24, 2.45) is 0 Å². The summed E-state index contributed by atoms with van der Waals surface area (Å²) in [5.74, 6) is 1.08. The highest BCUT2D eigenvalue weighted by atomic mass is 32.2. The van der Waals surface area contributed by atoms with Gasteiger partial charge in [0.1, 0.15) is 0 Å². The highest BCUT2D eigenvalue weighted by molar-refractivity contribution is 8.03. The lowest BCUT2D eigenvalue weighted by molar-refractivity contribution is 0.539. The third-order valence-corrected chi connectivity index (χ3v) is 5.34. The molecule has 0 aliphatic heterocycles. The molecule has 6 heteroatoms. The van der Waals surface area contributed by atoms with Crippen LogP contribution in [0.2, 0.25) is 0 Å². The van der Waals surface area contributed by atoms with E-state index in [1.807, 2.05) is 18.0 Å². The molecule has 0 aliphatic carbocycles. The number of hydrogen-bond acceptors (Lipinski definition) is 6. The maximum Gasteiger partial charge on any atom is 0.175 e. The molecule has 0 bridgehead atoms. The first-order valence-corrected chi connectivity index (χ1v) is 8.56. The van der Waals surface area contributed by atoms with E-state index < -0.39 is 0 Å². The van der Waals surface area contributed by atoms with Crippen molar-refractivity contribution in [3.8, 4) is 0 Å². The predicted octanol–water partition coefficient (Wildman–Crippen LogP) is 3.13. The molecular weight excluding hydrogens is 258 g/mol. The van der Waals surface area contributed by atoms with Gasteiger partial charge >= 0.3 is 0 Å². The van der Waals surface area contributed by atoms with Gasteiger partial charge in [0.2, 0.25) is 0 Å². The van der Waals surface area contributed by atoms with Gasteiger partial charge in [-0.1, -0.05) is 48.7 Å². The lowest BCUT2D eigenvalue weighted by Crippen LogP contribution is -2.31. The van der Waals surface area contributed by atoms with Crippen LogP contribution in [0.15, 0.2) is 8.68 Å². The Bertz CT molecular complexity index is 291. The Kier molecular flexibility index (Phi) is 7.44. The molecule has 1 unspecified atom stereocenters. The van der Waals surface area contributed by atoms with Crippen LogP contribution in [0.1, 0.15) is 26.7 Å². The second-order valence-electron chi connectivity index (χ2n) is 3.41. The highest BCUT2D eigenvalue weighted by Gasteiger charge is 2.08. The van der Waals surface area contributed by atoms with Gasteiger partial charge in [0.15, 0.2) is 8.68 Å². The number of rotatable bonds is 8. The number of nitrogens with zero attached hydrogens (tertiary/aromatic N) is 2. The molecule has 3 nitrogen and oxygen atoms in total. The van der Waals surface area contributed by atoms with Crippen LogP contribution in [0.3, 0.4) is 0 Å². The molecule has 1 N–H and O–H groups in total. The molecular formula is C10H19N3S3. The van der Waals surface area contributed by atoms with E-state index >= 15 is 0 Å². The van der Waals surface area contributed by atoms with Crippen molar-refractivity contribution in [2.75, 3.05) is 18.6 Å². The molecule has 1 atom stereocenters. The molecule has 92 valence electrons. The van der Waals surface area contributed by atoms with Crippen molar-refractivity contribution in [3.05, 3.63) is 0 Å². The van der Waals surface area contributed by atoms with Gasteiger partial charge in [-0.25, -0.2) is 0 Å². The van der Waals surface area contributed by atoms with E-state index in [1.165, 1.54) is 12.8 Å². The van der Waals surface area contributed by atoms with E-state index in [9.17, 15) is 0 Å². The Labute approximate surface area is 110 Å². The quantitative estimate of drug-likeness (QED) is 0.739. The summed E-state index contributed by atoms with van der Waals surface area (Å²) < 4.78 is 2.14. The Balaban J connectivity index is 2.31. The Morgan fingerprint density at radius 3 is 2.62 bits per heavy atom. The fourth-order valence-corrected chi connectivity index (χ4v) is 3.82. The Morgan fingerprint density at radius 2 is 2.06 bits per heavy atom. The van der Waals surface area contributed by atoms with Crippen LogP contribution in [0.25, 0.3) is 0 Å². The average molecular weight is 277 g/mol. The molecule has 1 rings (SSSR count). The van der Waals surface area contributed by atoms with Gasteiger partial charge in [0, 0.05) is 11.8 Å². The summed E-state index contributed by atoms with van der Waals surface area (Å²) in [6, 6.07) is 0.589. The largest absolute Gasteiger partial charge is 0.313 e. The zero-order valence-electron chi connectivity index (χ0n) is 10.0. The topological polar surface area (TPSA) is 37.8 Å². The van der Waals surface area contributed by atoms with Crippen LogP contribution in [-0.2, 0) is 0 Å². The van der Waals surface area contributed by atoms with E-state index in [1.54, 1.807) is 23.1 Å². The summed E-state index contributed by atoms with van der Waals surface area (Å²) in [6.45, 7) is 5.52. The summed E-state index contributed by atoms with van der Waals surface area (Å²) in [7, 11) is 0. The lowest BCUT2D eigenvalue weighted by atomic mass is 10.2. The summed E-state index contributed by atoms with van der Waals surface area (Å²) in [5.41, 5.74) is 0. The summed E-state index contributed by atoms with van der Waals surface area (Å²) in [5, 5.41) is 11.8. The van der Waals surface area contributed by atoms with Crippen molar-refractivity contribution >= 4 is 34.9 Å². The normalized spacial score (nSPS) is 12.9. The minimum Gasteiger partial charge on any atom is -0.313 e. The molecule has 1 aromatic heterocycles. The molecule has 0 spiro atoms. The summed E-state index contributed by atoms with van der Waals surface area (Å²) >= 11 is 5.15. The standard InChI is InChI=1S/C10H19N3S3/c1-4-6-11-8(5-2)7-15-10-13-12-9(14-3)16-10/h8,11H,4-7H2,1-3H3. The summed E-state index contributed by atoms with van der Waals surface area (Å²) in [4.78, 5) is 0. The van der Waals surface area contributed by atoms with E-state index in [0.29, 0.717) is 6.04 Å². The van der Waals surface area contributed by atoms with Gasteiger partial charge in [0.05, 0.1) is 0 Å². The van der Waals surface area contributed by atoms with Gasteiger partial charge in [-0.3, -0.25) is 0 Å². The van der Waals surface area contributed by atoms with Crippen molar-refractivity contribution < 1.29 is 0 Å². The number of aromatic nitrogens is 2. The van der Waals surface area contributed by atoms with Gasteiger partial charge in [-0.2, -0.15) is 0 Å². The smallest absolute Gasteiger partial charge is 0.175 e. The Morgan fingerprint density at radius 1 is 1.31 bits per heavy atom. The van der Waals surface area contributed by atoms with Crippen molar-refractivity contribution in [1.29, 1.82) is 0 Å². The monoisotopic (exact) mass is 277 g/mol. The molecule has 1 heterocycles. The van der Waals surface area contributed by atoms with E-state index in [4.69, 9.17) is 0 Å². The molecule has 0 aliphatic rings. The van der Waals surface area contributed by atoms with Gasteiger partial charge in [-0.05, 0) is 25.6 Å². The molecule has 0 saturated carbocycles. The summed E-state index contributed by atoms with van der Waals surface area (Å²) in [6.07, 6.45) is 4.39. The van der Waals surface area contributed by atoms with E-state index in [-0.39, 0.29) is 0 Å². The molecule has 0 saturated heterocycles. The first-order chi connectivity index (χ1) is 7.80. The molecule has 0 fully saturated rings. The minimum absolute atomic E-state index is 0.589. The maximum absolute atomic E-state index is 4.16. The number of hydrogen-bond donors (Lipinski definition) is 1. The van der Waals surface area contributed by atoms with Crippen LogP contribution in [0, 0.1) is 0 Å². The van der Waals surface area contributed by atoms with E-state index in [0.717, 1.165) is 21.0 Å². The van der Waals surface area contributed by atoms with Gasteiger partial charge in [-0.15, -0.1) is 10.2 Å². The second-order valence-corrected chi connectivity index (χ2v) is 6.71. The van der Waals surface area contributed by atoms with Crippen LogP contribution in [0.5, 0.6) is 0 Å². The van der Waals surface area contributed by atoms with Crippen LogP contribution in [0.4, 0.5) is 0 Å². The average Bonchev–Trinajstić information content (AvgIpc) is 2.77. The lowest BCUT2D eigenvalue weighted by Gasteiger charge is -2.14. The van der Waals surface area contributed by atoms with Crippen LogP contribution in [-0.4, -0.2) is 34.8 Å². The fourth-order valence-electron chi connectivity index (χ4n) is 1.18. The van der Waals surface area contributed by atoms with Crippen LogP contribution < -0.4 is 5.32 Å². The first kappa shape index (κ1) is 14.3. The van der Waals surface area contributed by atoms with Crippen molar-refractivity contribution in [1.82, 2.24) is 15.5 Å². The Hall–Kier alpha value is 0.220. The molecule has 0 radical (unpaired) electrons. The van der Waals surface area contributed by atoms with E-state index in [2.05, 4.69) is 29.4 Å². The molecule has 0 aromatic carbocycles. The predicted molar refractivity (Wildman–Crippen MR) is 74.8 cm³/mol. The molecule has 0 amide bonds. The fraction of sp³-hybridized carbons (Fsp3) is 0.800. The SMILES string of the molecule is CCCNC(CC)CSc1nnc(SC)s1. The van der Waals surface area contributed by atoms with Crippen LogP contribution >= 0.6 is 34.9 Å². The first-order valence-electron chi connectivity index (χ1n) is 5.53. The number of thioether (sulfide) groups is 2. The zero-order valence-corrected chi connectivity index (χ0v) is 12.5. The third-order valence-electron chi connectivity index (χ3n) is 2.15. The van der Waals surface area contributed by atoms with Crippen molar-refractivity contribution in [3.63, 3.8) is 0 Å². The third kappa shape index (κ3) is 5.03. The highest BCUT2D eigenvalue weighted by Crippen LogP contribution is 2.27. The number of nitrogens with one attached hydrogen (secondary N) is 1. The molecule has 1 aromatic rings. The second kappa shape index (κ2) is 8.33. The van der Waals surface area contributed by atoms with Gasteiger partial charge in [0.25, 0.3) is 0 Å². The molecule has 16 heavy (non-hydrogen) atoms. The van der Waals surface area contributed by atoms with Crippen molar-refractivity contribution in [2.45, 2.75) is 41.4 Å². The minimum atomic E-state index is 0.589.